The Morgan fingerprint density at radius 2 is 2.29 bits per heavy atom. The maximum Gasteiger partial charge on any atom is 0.277 e. The van der Waals surface area contributed by atoms with Gasteiger partial charge >= 0.3 is 0 Å². The standard InChI is InChI=1S/C12H16N2O3/c1-13-6-7-17-11-5-4-9(8-10(11)13)12(15)14(2)16-3/h4-5,8H,6-7H2,1-3H3. The van der Waals surface area contributed by atoms with Crippen molar-refractivity contribution >= 4 is 11.6 Å². The highest BCUT2D eigenvalue weighted by Crippen LogP contribution is 2.31. The van der Waals surface area contributed by atoms with Gasteiger partial charge in [-0.25, -0.2) is 5.06 Å². The summed E-state index contributed by atoms with van der Waals surface area (Å²) in [6.45, 7) is 1.50. The van der Waals surface area contributed by atoms with E-state index in [1.807, 2.05) is 19.2 Å². The molecule has 0 bridgehead atoms. The second-order valence-electron chi connectivity index (χ2n) is 3.94. The molecule has 1 aliphatic rings. The van der Waals surface area contributed by atoms with Crippen molar-refractivity contribution in [2.24, 2.45) is 0 Å². The van der Waals surface area contributed by atoms with E-state index in [4.69, 9.17) is 9.57 Å². The molecule has 0 aromatic heterocycles. The molecule has 1 heterocycles. The SMILES string of the molecule is CON(C)C(=O)c1ccc2c(c1)N(C)CCO2. The Balaban J connectivity index is 2.32. The number of hydroxylamine groups is 2. The number of likely N-dealkylation sites (N-methyl/N-ethyl adjacent to an activating group) is 1. The number of hydrogen-bond donors (Lipinski definition) is 0. The molecule has 0 unspecified atom stereocenters. The Labute approximate surface area is 100 Å². The van der Waals surface area contributed by atoms with Crippen LogP contribution in [0.2, 0.25) is 0 Å². The van der Waals surface area contributed by atoms with Crippen molar-refractivity contribution in [1.82, 2.24) is 5.06 Å². The van der Waals surface area contributed by atoms with Crippen LogP contribution in [0, 0.1) is 0 Å². The zero-order valence-corrected chi connectivity index (χ0v) is 10.3. The third kappa shape index (κ3) is 2.19. The lowest BCUT2D eigenvalue weighted by molar-refractivity contribution is -0.0756. The van der Waals surface area contributed by atoms with E-state index in [0.717, 1.165) is 18.0 Å². The number of hydrogen-bond acceptors (Lipinski definition) is 4. The average Bonchev–Trinajstić information content (AvgIpc) is 2.37. The molecule has 5 nitrogen and oxygen atoms in total. The fraction of sp³-hybridized carbons (Fsp3) is 0.417. The van der Waals surface area contributed by atoms with Gasteiger partial charge in [-0.15, -0.1) is 0 Å². The molecule has 0 saturated carbocycles. The molecule has 0 saturated heterocycles. The fourth-order valence-electron chi connectivity index (χ4n) is 1.75. The minimum Gasteiger partial charge on any atom is -0.490 e. The van der Waals surface area contributed by atoms with Gasteiger partial charge in [0.1, 0.15) is 12.4 Å². The molecule has 0 fully saturated rings. The normalized spacial score (nSPS) is 13.9. The second kappa shape index (κ2) is 4.63. The number of benzene rings is 1. The van der Waals surface area contributed by atoms with Crippen LogP contribution in [-0.2, 0) is 4.84 Å². The summed E-state index contributed by atoms with van der Waals surface area (Å²) >= 11 is 0. The van der Waals surface area contributed by atoms with Gasteiger partial charge in [-0.05, 0) is 18.2 Å². The van der Waals surface area contributed by atoms with Gasteiger partial charge < -0.3 is 9.64 Å². The van der Waals surface area contributed by atoms with Crippen molar-refractivity contribution in [2.75, 3.05) is 39.3 Å². The summed E-state index contributed by atoms with van der Waals surface area (Å²) in [7, 11) is 5.03. The Bertz CT molecular complexity index is 434. The van der Waals surface area contributed by atoms with Crippen LogP contribution < -0.4 is 9.64 Å². The highest BCUT2D eigenvalue weighted by atomic mass is 16.7. The second-order valence-corrected chi connectivity index (χ2v) is 3.94. The topological polar surface area (TPSA) is 42.0 Å². The fourth-order valence-corrected chi connectivity index (χ4v) is 1.75. The highest BCUT2D eigenvalue weighted by molar-refractivity contribution is 5.95. The third-order valence-electron chi connectivity index (χ3n) is 2.86. The first-order valence-electron chi connectivity index (χ1n) is 5.43. The zero-order chi connectivity index (χ0) is 12.4. The van der Waals surface area contributed by atoms with Crippen molar-refractivity contribution in [3.63, 3.8) is 0 Å². The molecule has 1 aromatic rings. The Morgan fingerprint density at radius 3 is 3.00 bits per heavy atom. The molecule has 1 aromatic carbocycles. The van der Waals surface area contributed by atoms with Gasteiger partial charge in [0.05, 0.1) is 19.3 Å². The van der Waals surface area contributed by atoms with Crippen LogP contribution in [0.3, 0.4) is 0 Å². The molecule has 1 aliphatic heterocycles. The van der Waals surface area contributed by atoms with E-state index in [1.54, 1.807) is 13.1 Å². The van der Waals surface area contributed by atoms with Gasteiger partial charge in [0, 0.05) is 19.7 Å². The molecular weight excluding hydrogens is 220 g/mol. The molecule has 0 N–H and O–H groups in total. The van der Waals surface area contributed by atoms with Gasteiger partial charge in [0.15, 0.2) is 0 Å². The summed E-state index contributed by atoms with van der Waals surface area (Å²) < 4.78 is 5.52. The van der Waals surface area contributed by atoms with E-state index in [1.165, 1.54) is 12.2 Å². The number of rotatable bonds is 2. The molecule has 17 heavy (non-hydrogen) atoms. The van der Waals surface area contributed by atoms with E-state index >= 15 is 0 Å². The predicted octanol–water partition coefficient (Wildman–Crippen LogP) is 1.15. The maximum absolute atomic E-state index is 11.9. The number of anilines is 1. The number of fused-ring (bicyclic) bond motifs is 1. The van der Waals surface area contributed by atoms with E-state index in [9.17, 15) is 4.79 Å². The largest absolute Gasteiger partial charge is 0.490 e. The lowest BCUT2D eigenvalue weighted by Gasteiger charge is -2.28. The van der Waals surface area contributed by atoms with E-state index < -0.39 is 0 Å². The summed E-state index contributed by atoms with van der Waals surface area (Å²) in [5, 5.41) is 1.20. The summed E-state index contributed by atoms with van der Waals surface area (Å²) in [6, 6.07) is 5.39. The van der Waals surface area contributed by atoms with Crippen LogP contribution in [0.4, 0.5) is 5.69 Å². The van der Waals surface area contributed by atoms with Crippen molar-refractivity contribution in [3.05, 3.63) is 23.8 Å². The predicted molar refractivity (Wildman–Crippen MR) is 64.3 cm³/mol. The monoisotopic (exact) mass is 236 g/mol. The zero-order valence-electron chi connectivity index (χ0n) is 10.3. The van der Waals surface area contributed by atoms with Gasteiger partial charge in [-0.2, -0.15) is 0 Å². The lowest BCUT2D eigenvalue weighted by Crippen LogP contribution is -2.30. The third-order valence-corrected chi connectivity index (χ3v) is 2.86. The Morgan fingerprint density at radius 1 is 1.53 bits per heavy atom. The summed E-state index contributed by atoms with van der Waals surface area (Å²) in [5.41, 5.74) is 1.53. The molecule has 0 atom stereocenters. The Hall–Kier alpha value is -1.75. The summed E-state index contributed by atoms with van der Waals surface area (Å²) in [4.78, 5) is 18.9. The van der Waals surface area contributed by atoms with Crippen LogP contribution in [0.15, 0.2) is 18.2 Å². The molecule has 92 valence electrons. The molecule has 0 radical (unpaired) electrons. The first kappa shape index (κ1) is 11.7. The first-order valence-corrected chi connectivity index (χ1v) is 5.43. The van der Waals surface area contributed by atoms with Crippen LogP contribution in [0.5, 0.6) is 5.75 Å². The van der Waals surface area contributed by atoms with Crippen LogP contribution in [-0.4, -0.2) is 45.3 Å². The Kier molecular flexibility index (Phi) is 3.19. The summed E-state index contributed by atoms with van der Waals surface area (Å²) in [5.74, 6) is 0.643. The number of ether oxygens (including phenoxy) is 1. The summed E-state index contributed by atoms with van der Waals surface area (Å²) in [6.07, 6.45) is 0. The molecule has 2 rings (SSSR count). The molecule has 0 aliphatic carbocycles. The van der Waals surface area contributed by atoms with Crippen molar-refractivity contribution in [3.8, 4) is 5.75 Å². The van der Waals surface area contributed by atoms with Gasteiger partial charge in [-0.3, -0.25) is 9.63 Å². The molecule has 0 spiro atoms. The average molecular weight is 236 g/mol. The smallest absolute Gasteiger partial charge is 0.277 e. The van der Waals surface area contributed by atoms with Crippen molar-refractivity contribution in [1.29, 1.82) is 0 Å². The highest BCUT2D eigenvalue weighted by Gasteiger charge is 2.18. The van der Waals surface area contributed by atoms with Gasteiger partial charge in [0.2, 0.25) is 0 Å². The van der Waals surface area contributed by atoms with Crippen molar-refractivity contribution < 1.29 is 14.4 Å². The number of carbonyl (C=O) groups excluding carboxylic acids is 1. The lowest BCUT2D eigenvalue weighted by atomic mass is 10.1. The van der Waals surface area contributed by atoms with E-state index in [0.29, 0.717) is 12.2 Å². The maximum atomic E-state index is 11.9. The minimum absolute atomic E-state index is 0.172. The molecular formula is C12H16N2O3. The number of nitrogens with zero attached hydrogens (tertiary/aromatic N) is 2. The first-order chi connectivity index (χ1) is 8.13. The van der Waals surface area contributed by atoms with Crippen molar-refractivity contribution in [2.45, 2.75) is 0 Å². The van der Waals surface area contributed by atoms with Crippen LogP contribution >= 0.6 is 0 Å². The molecule has 1 amide bonds. The van der Waals surface area contributed by atoms with E-state index in [-0.39, 0.29) is 5.91 Å². The number of amides is 1. The quantitative estimate of drug-likeness (QED) is 0.722. The minimum atomic E-state index is -0.172. The number of carbonyl (C=O) groups is 1. The van der Waals surface area contributed by atoms with Gasteiger partial charge in [-0.1, -0.05) is 0 Å². The van der Waals surface area contributed by atoms with Crippen LogP contribution in [0.25, 0.3) is 0 Å². The van der Waals surface area contributed by atoms with Crippen LogP contribution in [0.1, 0.15) is 10.4 Å². The molecule has 5 heteroatoms. The van der Waals surface area contributed by atoms with E-state index in [2.05, 4.69) is 4.90 Å². The van der Waals surface area contributed by atoms with Gasteiger partial charge in [0.25, 0.3) is 5.91 Å².